The number of methoxy groups -OCH3 is 1. The van der Waals surface area contributed by atoms with Crippen LogP contribution in [0.5, 0.6) is 0 Å². The Morgan fingerprint density at radius 3 is 2.74 bits per heavy atom. The Morgan fingerprint density at radius 1 is 1.17 bits per heavy atom. The van der Waals surface area contributed by atoms with Crippen LogP contribution in [0.3, 0.4) is 0 Å². The molecule has 0 aromatic carbocycles. The molecule has 9 heteroatoms. The van der Waals surface area contributed by atoms with Gasteiger partial charge in [-0.2, -0.15) is 0 Å². The van der Waals surface area contributed by atoms with Gasteiger partial charge in [-0.15, -0.1) is 0 Å². The number of carbonyl (C=O) groups excluding carboxylic acids is 2. The third-order valence-electron chi connectivity index (χ3n) is 9.26. The number of likely N-dealkylation sites (tertiary alicyclic amines) is 1. The minimum absolute atomic E-state index is 0.00700. The summed E-state index contributed by atoms with van der Waals surface area (Å²) in [4.78, 5) is 31.1. The normalized spacial score (nSPS) is 40.3. The summed E-state index contributed by atoms with van der Waals surface area (Å²) in [5, 5.41) is 6.93. The fourth-order valence-electron chi connectivity index (χ4n) is 7.12. The molecule has 5 rings (SSSR count). The van der Waals surface area contributed by atoms with Gasteiger partial charge < -0.3 is 25.4 Å². The van der Waals surface area contributed by atoms with E-state index in [9.17, 15) is 9.59 Å². The zero-order valence-corrected chi connectivity index (χ0v) is 21.3. The van der Waals surface area contributed by atoms with Gasteiger partial charge in [0, 0.05) is 33.4 Å². The summed E-state index contributed by atoms with van der Waals surface area (Å²) < 4.78 is 11.4. The third kappa shape index (κ3) is 5.54. The highest BCUT2D eigenvalue weighted by atomic mass is 16.5. The van der Waals surface area contributed by atoms with Gasteiger partial charge in [-0.05, 0) is 76.5 Å². The number of hydrogen-bond acceptors (Lipinski definition) is 7. The number of rotatable bonds is 7. The van der Waals surface area contributed by atoms with Crippen LogP contribution < -0.4 is 16.4 Å². The summed E-state index contributed by atoms with van der Waals surface area (Å²) in [6, 6.07) is 0. The van der Waals surface area contributed by atoms with Crippen LogP contribution in [0, 0.1) is 17.8 Å². The van der Waals surface area contributed by atoms with Crippen molar-refractivity contribution in [2.45, 2.75) is 101 Å². The lowest BCUT2D eigenvalue weighted by Crippen LogP contribution is -2.75. The average molecular weight is 492 g/mol. The maximum atomic E-state index is 13.6. The number of hydrogen-bond donors (Lipinski definition) is 3. The van der Waals surface area contributed by atoms with Crippen LogP contribution in [0.4, 0.5) is 0 Å². The molecule has 4 saturated heterocycles. The van der Waals surface area contributed by atoms with Gasteiger partial charge in [0.15, 0.2) is 0 Å². The second-order valence-corrected chi connectivity index (χ2v) is 11.4. The van der Waals surface area contributed by atoms with Crippen LogP contribution in [0.25, 0.3) is 0 Å². The van der Waals surface area contributed by atoms with E-state index in [1.807, 2.05) is 4.90 Å². The molecule has 5 unspecified atom stereocenters. The molecule has 0 radical (unpaired) electrons. The lowest BCUT2D eigenvalue weighted by molar-refractivity contribution is -0.164. The summed E-state index contributed by atoms with van der Waals surface area (Å²) in [6.07, 6.45) is 11.3. The number of nitrogens with one attached hydrogen (secondary N) is 2. The Bertz CT molecular complexity index is 739. The lowest BCUT2D eigenvalue weighted by atomic mass is 9.80. The summed E-state index contributed by atoms with van der Waals surface area (Å²) in [7, 11) is 1.79. The van der Waals surface area contributed by atoms with E-state index < -0.39 is 12.1 Å². The van der Waals surface area contributed by atoms with E-state index in [2.05, 4.69) is 15.5 Å². The molecule has 198 valence electrons. The summed E-state index contributed by atoms with van der Waals surface area (Å²) >= 11 is 0. The topological polar surface area (TPSA) is 109 Å². The van der Waals surface area contributed by atoms with Gasteiger partial charge in [0.25, 0.3) is 0 Å². The van der Waals surface area contributed by atoms with E-state index in [0.29, 0.717) is 31.5 Å². The molecule has 0 aromatic heterocycles. The van der Waals surface area contributed by atoms with Gasteiger partial charge in [-0.3, -0.25) is 19.8 Å². The Labute approximate surface area is 209 Å². The van der Waals surface area contributed by atoms with Gasteiger partial charge in [0.1, 0.15) is 0 Å². The highest BCUT2D eigenvalue weighted by Crippen LogP contribution is 2.37. The Hall–Kier alpha value is -1.26. The maximum Gasteiger partial charge on any atom is 0.229 e. The van der Waals surface area contributed by atoms with E-state index >= 15 is 0 Å². The largest absolute Gasteiger partial charge is 0.381 e. The van der Waals surface area contributed by atoms with Gasteiger partial charge in [-0.25, -0.2) is 0 Å². The van der Waals surface area contributed by atoms with E-state index in [4.69, 9.17) is 15.2 Å². The summed E-state index contributed by atoms with van der Waals surface area (Å²) in [6.45, 7) is 2.92. The molecule has 4 N–H and O–H groups in total. The first-order valence-corrected chi connectivity index (χ1v) is 14.0. The number of nitrogens with two attached hydrogens (primary N) is 1. The molecule has 0 spiro atoms. The lowest BCUT2D eigenvalue weighted by Gasteiger charge is -2.55. The number of nitrogens with zero attached hydrogens (tertiary/aromatic N) is 2. The fourth-order valence-corrected chi connectivity index (χ4v) is 7.12. The number of amides is 2. The van der Waals surface area contributed by atoms with Crippen LogP contribution in [-0.4, -0.2) is 85.7 Å². The predicted octanol–water partition coefficient (Wildman–Crippen LogP) is 1.37. The van der Waals surface area contributed by atoms with Crippen molar-refractivity contribution in [2.75, 3.05) is 33.4 Å². The molecule has 4 aliphatic heterocycles. The van der Waals surface area contributed by atoms with Crippen molar-refractivity contribution in [1.82, 2.24) is 20.4 Å². The van der Waals surface area contributed by atoms with Gasteiger partial charge >= 0.3 is 0 Å². The van der Waals surface area contributed by atoms with Crippen molar-refractivity contribution in [3.63, 3.8) is 0 Å². The van der Waals surface area contributed by atoms with Crippen LogP contribution in [0.2, 0.25) is 0 Å². The highest BCUT2D eigenvalue weighted by molar-refractivity contribution is 5.84. The molecule has 0 aromatic rings. The molecule has 5 aliphatic rings. The maximum absolute atomic E-state index is 13.6. The first-order valence-electron chi connectivity index (χ1n) is 14.0. The number of carbonyl (C=O) groups is 2. The molecule has 1 aliphatic carbocycles. The van der Waals surface area contributed by atoms with Crippen LogP contribution in [0.1, 0.15) is 70.6 Å². The van der Waals surface area contributed by atoms with Crippen LogP contribution in [-0.2, 0) is 19.1 Å². The van der Waals surface area contributed by atoms with E-state index in [1.54, 1.807) is 7.11 Å². The Kier molecular flexibility index (Phi) is 8.29. The van der Waals surface area contributed by atoms with E-state index in [0.717, 1.165) is 77.4 Å². The molecule has 4 heterocycles. The van der Waals surface area contributed by atoms with E-state index in [1.165, 1.54) is 0 Å². The second kappa shape index (κ2) is 11.4. The monoisotopic (exact) mass is 491 g/mol. The van der Waals surface area contributed by atoms with Crippen molar-refractivity contribution < 1.29 is 19.1 Å². The number of fused-ring (bicyclic) bond motifs is 2. The van der Waals surface area contributed by atoms with E-state index in [-0.39, 0.29) is 36.2 Å². The summed E-state index contributed by atoms with van der Waals surface area (Å²) in [5.74, 6) is 0.185. The Morgan fingerprint density at radius 2 is 2.00 bits per heavy atom. The smallest absolute Gasteiger partial charge is 0.229 e. The second-order valence-electron chi connectivity index (χ2n) is 11.4. The molecule has 1 saturated carbocycles. The van der Waals surface area contributed by atoms with Gasteiger partial charge in [-0.1, -0.05) is 0 Å². The minimum atomic E-state index is -0.423. The van der Waals surface area contributed by atoms with Crippen molar-refractivity contribution in [1.29, 1.82) is 0 Å². The zero-order chi connectivity index (χ0) is 24.4. The van der Waals surface area contributed by atoms with Gasteiger partial charge in [0.2, 0.25) is 11.8 Å². The molecule has 0 bridgehead atoms. The first-order chi connectivity index (χ1) is 17.0. The molecule has 9 nitrogen and oxygen atoms in total. The first kappa shape index (κ1) is 25.4. The summed E-state index contributed by atoms with van der Waals surface area (Å²) in [5.41, 5.74) is 6.80. The third-order valence-corrected chi connectivity index (χ3v) is 9.26. The quantitative estimate of drug-likeness (QED) is 0.493. The zero-order valence-electron chi connectivity index (χ0n) is 21.3. The predicted molar refractivity (Wildman–Crippen MR) is 132 cm³/mol. The van der Waals surface area contributed by atoms with Crippen molar-refractivity contribution in [3.05, 3.63) is 0 Å². The van der Waals surface area contributed by atoms with Crippen molar-refractivity contribution in [3.8, 4) is 0 Å². The SMILES string of the molecule is COC1CCC(CCNC(=O)C2CC3C(=O)N4CCCCC4NC3N(C[C@@H]3CCCO3)C2N)CC1. The number of piperidine rings is 2. The molecular weight excluding hydrogens is 446 g/mol. The van der Waals surface area contributed by atoms with Gasteiger partial charge in [0.05, 0.1) is 42.5 Å². The highest BCUT2D eigenvalue weighted by Gasteiger charge is 2.52. The minimum Gasteiger partial charge on any atom is -0.381 e. The molecule has 6 atom stereocenters. The fraction of sp³-hybridized carbons (Fsp3) is 0.923. The molecule has 2 amide bonds. The van der Waals surface area contributed by atoms with Crippen molar-refractivity contribution >= 4 is 11.8 Å². The average Bonchev–Trinajstić information content (AvgIpc) is 3.40. The molecular formula is C26H45N5O4. The Balaban J connectivity index is 1.23. The van der Waals surface area contributed by atoms with Crippen molar-refractivity contribution in [2.24, 2.45) is 23.5 Å². The van der Waals surface area contributed by atoms with Crippen LogP contribution >= 0.6 is 0 Å². The van der Waals surface area contributed by atoms with Crippen LogP contribution in [0.15, 0.2) is 0 Å². The molecule has 5 fully saturated rings. The number of ether oxygens (including phenoxy) is 2. The standard InChI is InChI=1S/C26H45N5O4/c1-34-18-9-7-17(8-10-18)11-12-28-25(32)20-15-21-24(29-22-6-2-3-13-30(22)26(21)33)31(23(20)27)16-19-5-4-14-35-19/h17-24,29H,2-16,27H2,1H3,(H,28,32)/t17?,18?,19-,20?,21?,22?,23?,24?/m0/s1. The molecule has 35 heavy (non-hydrogen) atoms.